The minimum absolute atomic E-state index is 0.525. The number of aryl methyl sites for hydroxylation is 1. The van der Waals surface area contributed by atoms with Crippen LogP contribution >= 0.6 is 0 Å². The van der Waals surface area contributed by atoms with E-state index in [-0.39, 0.29) is 0 Å². The van der Waals surface area contributed by atoms with Gasteiger partial charge in [0.15, 0.2) is 0 Å². The summed E-state index contributed by atoms with van der Waals surface area (Å²) in [5.41, 5.74) is 4.17. The van der Waals surface area contributed by atoms with E-state index >= 15 is 0 Å². The van der Waals surface area contributed by atoms with Gasteiger partial charge in [0.25, 0.3) is 0 Å². The molecular formula is C16H20N2O. The molecule has 0 aliphatic heterocycles. The maximum atomic E-state index is 9.50. The molecule has 0 aliphatic carbocycles. The Balaban J connectivity index is 2.35. The first-order valence-electron chi connectivity index (χ1n) is 6.60. The largest absolute Gasteiger partial charge is 0.387 e. The zero-order valence-corrected chi connectivity index (χ0v) is 11.7. The number of para-hydroxylation sites is 1. The van der Waals surface area contributed by atoms with Gasteiger partial charge < -0.3 is 10.0 Å². The Morgan fingerprint density at radius 3 is 2.47 bits per heavy atom. The molecule has 1 aromatic heterocycles. The fourth-order valence-corrected chi connectivity index (χ4v) is 2.16. The zero-order chi connectivity index (χ0) is 13.8. The summed E-state index contributed by atoms with van der Waals surface area (Å²) in [4.78, 5) is 6.53. The number of hydrogen-bond acceptors (Lipinski definition) is 3. The molecule has 1 aromatic carbocycles. The third-order valence-corrected chi connectivity index (χ3v) is 3.23. The lowest BCUT2D eigenvalue weighted by molar-refractivity contribution is 0.194. The highest BCUT2D eigenvalue weighted by molar-refractivity contribution is 5.65. The molecule has 2 rings (SSSR count). The van der Waals surface area contributed by atoms with Gasteiger partial charge in [-0.3, -0.25) is 4.98 Å². The van der Waals surface area contributed by atoms with Crippen molar-refractivity contribution in [3.8, 4) is 0 Å². The summed E-state index contributed by atoms with van der Waals surface area (Å²) >= 11 is 0. The molecule has 1 atom stereocenters. The number of pyridine rings is 1. The Bertz CT molecular complexity index is 535. The number of hydrogen-bond donors (Lipinski definition) is 1. The van der Waals surface area contributed by atoms with Gasteiger partial charge in [0.05, 0.1) is 23.7 Å². The standard InChI is InChI=1S/C16H20N2O/c1-4-18(16-8-6-5-7-12(16)2)14-9-10-15(13(3)19)17-11-14/h5-11,13,19H,4H2,1-3H3. The van der Waals surface area contributed by atoms with Gasteiger partial charge in [0, 0.05) is 12.2 Å². The molecule has 3 nitrogen and oxygen atoms in total. The first kappa shape index (κ1) is 13.6. The summed E-state index contributed by atoms with van der Waals surface area (Å²) in [6, 6.07) is 12.2. The van der Waals surface area contributed by atoms with Crippen molar-refractivity contribution in [2.24, 2.45) is 0 Å². The Morgan fingerprint density at radius 1 is 1.21 bits per heavy atom. The minimum Gasteiger partial charge on any atom is -0.387 e. The molecular weight excluding hydrogens is 236 g/mol. The van der Waals surface area contributed by atoms with Gasteiger partial charge in [0.2, 0.25) is 0 Å². The van der Waals surface area contributed by atoms with Crippen molar-refractivity contribution in [3.63, 3.8) is 0 Å². The fourth-order valence-electron chi connectivity index (χ4n) is 2.16. The van der Waals surface area contributed by atoms with E-state index in [4.69, 9.17) is 0 Å². The third-order valence-electron chi connectivity index (χ3n) is 3.23. The smallest absolute Gasteiger partial charge is 0.0931 e. The highest BCUT2D eigenvalue weighted by Crippen LogP contribution is 2.27. The lowest BCUT2D eigenvalue weighted by Crippen LogP contribution is -2.17. The maximum absolute atomic E-state index is 9.50. The molecule has 0 bridgehead atoms. The van der Waals surface area contributed by atoms with Crippen LogP contribution in [-0.4, -0.2) is 16.6 Å². The predicted molar refractivity (Wildman–Crippen MR) is 78.7 cm³/mol. The van der Waals surface area contributed by atoms with Crippen LogP contribution in [0.1, 0.15) is 31.2 Å². The van der Waals surface area contributed by atoms with Gasteiger partial charge in [-0.1, -0.05) is 18.2 Å². The lowest BCUT2D eigenvalue weighted by atomic mass is 10.1. The molecule has 3 heteroatoms. The van der Waals surface area contributed by atoms with Crippen LogP contribution < -0.4 is 4.90 Å². The number of aliphatic hydroxyl groups is 1. The monoisotopic (exact) mass is 256 g/mol. The number of nitrogens with zero attached hydrogens (tertiary/aromatic N) is 2. The average molecular weight is 256 g/mol. The first-order valence-corrected chi connectivity index (χ1v) is 6.60. The molecule has 0 saturated heterocycles. The zero-order valence-electron chi connectivity index (χ0n) is 11.7. The van der Waals surface area contributed by atoms with E-state index in [0.717, 1.165) is 12.2 Å². The summed E-state index contributed by atoms with van der Waals surface area (Å²) in [7, 11) is 0. The maximum Gasteiger partial charge on any atom is 0.0931 e. The number of aliphatic hydroxyl groups excluding tert-OH is 1. The van der Waals surface area contributed by atoms with Gasteiger partial charge in [0.1, 0.15) is 0 Å². The van der Waals surface area contributed by atoms with E-state index in [9.17, 15) is 5.11 Å². The number of aromatic nitrogens is 1. The summed E-state index contributed by atoms with van der Waals surface area (Å²) in [5.74, 6) is 0. The Labute approximate surface area is 114 Å². The fraction of sp³-hybridized carbons (Fsp3) is 0.312. The summed E-state index contributed by atoms with van der Waals surface area (Å²) < 4.78 is 0. The van der Waals surface area contributed by atoms with E-state index in [1.165, 1.54) is 11.3 Å². The van der Waals surface area contributed by atoms with Crippen molar-refractivity contribution in [2.45, 2.75) is 26.9 Å². The summed E-state index contributed by atoms with van der Waals surface area (Å²) in [6.07, 6.45) is 1.29. The molecule has 0 spiro atoms. The van der Waals surface area contributed by atoms with Crippen molar-refractivity contribution >= 4 is 11.4 Å². The van der Waals surface area contributed by atoms with E-state index in [1.807, 2.05) is 30.5 Å². The number of rotatable bonds is 4. The Morgan fingerprint density at radius 2 is 1.95 bits per heavy atom. The van der Waals surface area contributed by atoms with Crippen LogP contribution in [0.5, 0.6) is 0 Å². The summed E-state index contributed by atoms with van der Waals surface area (Å²) in [5, 5.41) is 9.50. The van der Waals surface area contributed by atoms with E-state index in [2.05, 4.69) is 35.9 Å². The normalized spacial score (nSPS) is 12.2. The van der Waals surface area contributed by atoms with Crippen LogP contribution in [-0.2, 0) is 0 Å². The van der Waals surface area contributed by atoms with Crippen LogP contribution in [0.25, 0.3) is 0 Å². The molecule has 0 amide bonds. The van der Waals surface area contributed by atoms with Gasteiger partial charge in [-0.25, -0.2) is 0 Å². The highest BCUT2D eigenvalue weighted by Gasteiger charge is 2.10. The first-order chi connectivity index (χ1) is 9.13. The van der Waals surface area contributed by atoms with Crippen molar-refractivity contribution < 1.29 is 5.11 Å². The molecule has 1 heterocycles. The van der Waals surface area contributed by atoms with E-state index < -0.39 is 6.10 Å². The van der Waals surface area contributed by atoms with E-state index in [0.29, 0.717) is 5.69 Å². The van der Waals surface area contributed by atoms with Gasteiger partial charge >= 0.3 is 0 Å². The third kappa shape index (κ3) is 2.93. The molecule has 0 aliphatic rings. The molecule has 1 N–H and O–H groups in total. The van der Waals surface area contributed by atoms with Gasteiger partial charge in [-0.2, -0.15) is 0 Å². The number of anilines is 2. The molecule has 1 unspecified atom stereocenters. The van der Waals surface area contributed by atoms with Crippen LogP contribution in [0.4, 0.5) is 11.4 Å². The highest BCUT2D eigenvalue weighted by atomic mass is 16.3. The second kappa shape index (κ2) is 5.85. The van der Waals surface area contributed by atoms with Crippen molar-refractivity contribution in [3.05, 3.63) is 53.9 Å². The number of benzene rings is 1. The minimum atomic E-state index is -0.525. The SMILES string of the molecule is CCN(c1ccc(C(C)O)nc1)c1ccccc1C. The van der Waals surface area contributed by atoms with Gasteiger partial charge in [-0.05, 0) is 44.5 Å². The quantitative estimate of drug-likeness (QED) is 0.908. The molecule has 19 heavy (non-hydrogen) atoms. The van der Waals surface area contributed by atoms with Crippen molar-refractivity contribution in [1.82, 2.24) is 4.98 Å². The Hall–Kier alpha value is -1.87. The average Bonchev–Trinajstić information content (AvgIpc) is 2.42. The molecule has 0 saturated carbocycles. The molecule has 0 radical (unpaired) electrons. The van der Waals surface area contributed by atoms with Crippen LogP contribution in [0.3, 0.4) is 0 Å². The molecule has 2 aromatic rings. The second-order valence-corrected chi connectivity index (χ2v) is 4.65. The van der Waals surface area contributed by atoms with Gasteiger partial charge in [-0.15, -0.1) is 0 Å². The van der Waals surface area contributed by atoms with Crippen LogP contribution in [0, 0.1) is 6.92 Å². The van der Waals surface area contributed by atoms with Crippen LogP contribution in [0.15, 0.2) is 42.6 Å². The summed E-state index contributed by atoms with van der Waals surface area (Å²) in [6.45, 7) is 6.83. The van der Waals surface area contributed by atoms with Crippen molar-refractivity contribution in [2.75, 3.05) is 11.4 Å². The second-order valence-electron chi connectivity index (χ2n) is 4.65. The predicted octanol–water partition coefficient (Wildman–Crippen LogP) is 3.60. The Kier molecular flexibility index (Phi) is 4.17. The molecule has 100 valence electrons. The topological polar surface area (TPSA) is 36.4 Å². The van der Waals surface area contributed by atoms with Crippen molar-refractivity contribution in [1.29, 1.82) is 0 Å². The lowest BCUT2D eigenvalue weighted by Gasteiger charge is -2.25. The van der Waals surface area contributed by atoms with E-state index in [1.54, 1.807) is 6.92 Å². The molecule has 0 fully saturated rings. The van der Waals surface area contributed by atoms with Crippen LogP contribution in [0.2, 0.25) is 0 Å².